The Morgan fingerprint density at radius 1 is 0.607 bits per heavy atom. The van der Waals surface area contributed by atoms with E-state index in [1.807, 2.05) is 58.2 Å². The number of aromatic nitrogens is 3. The van der Waals surface area contributed by atoms with E-state index in [4.69, 9.17) is 64.9 Å². The average Bonchev–Trinajstić information content (AvgIpc) is 1.57. The third-order valence-electron chi connectivity index (χ3n) is 23.4. The Balaban J connectivity index is 0.000000208. The largest absolute Gasteiger partial charge is 0.496 e. The molecule has 8 fully saturated rings. The molecule has 13 rings (SSSR count). The number of halogens is 1. The summed E-state index contributed by atoms with van der Waals surface area (Å²) in [7, 11) is 4.37. The fraction of sp³-hybridized carbons (Fsp3) is 0.583. The highest BCUT2D eigenvalue weighted by Crippen LogP contribution is 2.48. The Kier molecular flexibility index (Phi) is 28.3. The molecule has 634 valence electrons. The fourth-order valence-electron chi connectivity index (χ4n) is 16.7. The summed E-state index contributed by atoms with van der Waals surface area (Å²) < 4.78 is 45.5. The molecule has 10 atom stereocenters. The van der Waals surface area contributed by atoms with Gasteiger partial charge in [-0.1, -0.05) is 79.4 Å². The first-order valence-electron chi connectivity index (χ1n) is 40.3. The van der Waals surface area contributed by atoms with Gasteiger partial charge in [0.05, 0.1) is 51.1 Å². The van der Waals surface area contributed by atoms with Crippen molar-refractivity contribution in [1.29, 1.82) is 0 Å². The molecule has 0 radical (unpaired) electrons. The van der Waals surface area contributed by atoms with Gasteiger partial charge in [-0.25, -0.2) is 38.9 Å². The maximum absolute atomic E-state index is 14.7. The fourth-order valence-corrected chi connectivity index (χ4v) is 17.8. The molecule has 117 heavy (non-hydrogen) atoms. The summed E-state index contributed by atoms with van der Waals surface area (Å²) in [4.78, 5) is 139. The number of fused-ring (bicyclic) bond motifs is 2. The zero-order valence-electron chi connectivity index (χ0n) is 68.5. The van der Waals surface area contributed by atoms with Crippen LogP contribution in [0.3, 0.4) is 0 Å². The van der Waals surface area contributed by atoms with E-state index in [-0.39, 0.29) is 61.9 Å². The smallest absolute Gasteiger partial charge is 0.408 e. The van der Waals surface area contributed by atoms with E-state index in [0.29, 0.717) is 74.1 Å². The quantitative estimate of drug-likeness (QED) is 0.0116. The van der Waals surface area contributed by atoms with Crippen molar-refractivity contribution in [2.45, 2.75) is 256 Å². The Hall–Kier alpha value is -9.63. The molecule has 0 unspecified atom stereocenters. The number of ether oxygens (including phenoxy) is 7. The van der Waals surface area contributed by atoms with Gasteiger partial charge in [-0.2, -0.15) is 0 Å². The summed E-state index contributed by atoms with van der Waals surface area (Å²) in [5.74, 6) is -3.62. The summed E-state index contributed by atoms with van der Waals surface area (Å²) >= 11 is 8.94. The van der Waals surface area contributed by atoms with Crippen molar-refractivity contribution in [1.82, 2.24) is 51.3 Å². The highest BCUT2D eigenvalue weighted by Gasteiger charge is 2.63. The Bertz CT molecular complexity index is 4570. The molecular formula is C84H111BrN12O18S2. The van der Waals surface area contributed by atoms with Crippen LogP contribution in [0, 0.1) is 36.5 Å². The number of aliphatic carboxylic acids is 1. The molecule has 6 saturated carbocycles. The number of thiazole rings is 1. The van der Waals surface area contributed by atoms with Crippen LogP contribution in [0.4, 0.5) is 14.7 Å². The molecule has 0 spiro atoms. The van der Waals surface area contributed by atoms with Gasteiger partial charge in [0.15, 0.2) is 32.2 Å². The van der Waals surface area contributed by atoms with E-state index in [0.717, 1.165) is 80.5 Å². The lowest BCUT2D eigenvalue weighted by molar-refractivity contribution is -0.148. The highest BCUT2D eigenvalue weighted by atomic mass is 79.9. The van der Waals surface area contributed by atoms with E-state index < -0.39 is 118 Å². The van der Waals surface area contributed by atoms with Crippen molar-refractivity contribution in [3.63, 3.8) is 0 Å². The molecule has 6 amide bonds. The van der Waals surface area contributed by atoms with Crippen molar-refractivity contribution >= 4 is 126 Å². The first kappa shape index (κ1) is 88.2. The third-order valence-corrected chi connectivity index (χ3v) is 24.6. The van der Waals surface area contributed by atoms with Crippen molar-refractivity contribution in [3.8, 4) is 34.4 Å². The second-order valence-electron chi connectivity index (χ2n) is 34.0. The zero-order valence-corrected chi connectivity index (χ0v) is 71.7. The SMILES string of the molecule is C=C[C@@H]1C[C@]1(NC(=O)[C@@H]1C[C@@H](Oc2cc(-c3csc(NC4CCCC4)n3)nc3cc(OC)c(C)cc23)CN1C(=O)[C@@H](NC(=O)OC1CCCC1)C(C)(C)C)C(=O)O.C=C[C@@H]1C[C@]1(NC(=O)[C@@H]1C[C@@H](Oc2cc(C(=O)OBr)nc3cc(OC)c(C)cc23)CN1C(=O)[C@@H](NC(=O)OC1CCCC1)C(C)(C)C)C(=O)OC.NC(=S)NC1CCCC1. The molecule has 9 N–H and O–H groups in total. The second-order valence-corrected chi connectivity index (χ2v) is 35.6. The number of carboxylic acid groups (broad SMARTS) is 1. The number of nitrogens with two attached hydrogens (primary N) is 1. The molecule has 3 aromatic heterocycles. The lowest BCUT2D eigenvalue weighted by Crippen LogP contribution is -2.59. The molecule has 5 aromatic rings. The predicted octanol–water partition coefficient (Wildman–Crippen LogP) is 12.1. The molecule has 6 aliphatic carbocycles. The van der Waals surface area contributed by atoms with Crippen LogP contribution in [0.1, 0.15) is 192 Å². The number of benzene rings is 2. The number of carbonyl (C=O) groups is 9. The van der Waals surface area contributed by atoms with Crippen LogP contribution < -0.4 is 56.6 Å². The lowest BCUT2D eigenvalue weighted by Gasteiger charge is -2.35. The minimum atomic E-state index is -1.51. The number of carbonyl (C=O) groups excluding carboxylic acids is 8. The summed E-state index contributed by atoms with van der Waals surface area (Å²) in [6.45, 7) is 22.1. The van der Waals surface area contributed by atoms with Gasteiger partial charge in [0.25, 0.3) is 0 Å². The third kappa shape index (κ3) is 20.9. The number of pyridine rings is 2. The minimum Gasteiger partial charge on any atom is -0.496 e. The maximum atomic E-state index is 14.7. The molecule has 30 nitrogen and oxygen atoms in total. The van der Waals surface area contributed by atoms with Crippen LogP contribution in [0.15, 0.2) is 67.1 Å². The van der Waals surface area contributed by atoms with Crippen LogP contribution in [-0.4, -0.2) is 195 Å². The van der Waals surface area contributed by atoms with E-state index in [9.17, 15) is 48.3 Å². The lowest BCUT2D eigenvalue weighted by atomic mass is 9.85. The number of amides is 6. The van der Waals surface area contributed by atoms with Crippen molar-refractivity contribution in [3.05, 3.63) is 83.9 Å². The van der Waals surface area contributed by atoms with Gasteiger partial charge in [-0.15, -0.1) is 24.5 Å². The zero-order chi connectivity index (χ0) is 84.6. The standard InChI is InChI=1S/C42H54N6O8S.C36H45BrN4O10.C6H12N2S/c1-7-24-20-42(24,38(51)52)47-36(49)32-17-27(21-48(32)37(50)35(41(3,4)5)46-40(53)56-26-14-10-11-15-26)55-34-19-30(44-29-18-33(54-6)23(2)16-28(29)34)31-22-57-39(45-31)43-25-12-8-9-13-25;1-8-20-17-36(20,33(45)48-7)40-30(42)26-14-22(18-41(26)31(43)29(35(3,4)5)39-34(46)50-21-11-9-10-12-21)49-28-16-25(32(44)51-37)38-24-15-27(47-6)19(2)13-23(24)28;7-6(9)8-5-3-1-2-4-5/h7,16,18-19,22,24-27,32,35H,1,8-15,17,20-21H2,2-6H3,(H,43,45)(H,46,53)(H,47,49)(H,51,52);8,13,15-16,20-22,26,29H,1,9-12,14,17-18H2,2-7H3,(H,39,46)(H,40,42);5H,1-4H2,(H3,7,8,9)/t24-,27-,32+,35-,42-;20-,22-,26+,29-,36-;/m11./s1. The van der Waals surface area contributed by atoms with Gasteiger partial charge in [-0.05, 0) is 150 Å². The van der Waals surface area contributed by atoms with Crippen LogP contribution in [0.2, 0.25) is 0 Å². The van der Waals surface area contributed by atoms with Crippen LogP contribution >= 0.6 is 39.8 Å². The molecule has 8 aliphatic rings. The monoisotopic (exact) mass is 1720 g/mol. The predicted molar refractivity (Wildman–Crippen MR) is 447 cm³/mol. The Morgan fingerprint density at radius 3 is 1.48 bits per heavy atom. The van der Waals surface area contributed by atoms with E-state index in [2.05, 4.69) is 66.3 Å². The molecule has 2 saturated heterocycles. The number of aryl methyl sites for hydroxylation is 2. The van der Waals surface area contributed by atoms with E-state index in [1.54, 1.807) is 46.1 Å². The number of anilines is 1. The van der Waals surface area contributed by atoms with Crippen molar-refractivity contribution in [2.24, 2.45) is 28.4 Å². The molecule has 2 aliphatic heterocycles. The number of hydrogen-bond acceptors (Lipinski definition) is 23. The summed E-state index contributed by atoms with van der Waals surface area (Å²) in [5.41, 5.74) is 4.79. The van der Waals surface area contributed by atoms with Gasteiger partial charge in [0, 0.05) is 77.2 Å². The summed E-state index contributed by atoms with van der Waals surface area (Å²) in [6.07, 6.45) is 17.1. The normalized spacial score (nSPS) is 23.6. The number of alkyl carbamates (subject to hydrolysis) is 2. The van der Waals surface area contributed by atoms with Gasteiger partial charge >= 0.3 is 30.1 Å². The van der Waals surface area contributed by atoms with Gasteiger partial charge in [0.1, 0.15) is 88.4 Å². The van der Waals surface area contributed by atoms with Crippen LogP contribution in [-0.2, 0) is 46.8 Å². The topological polar surface area (TPSA) is 391 Å². The maximum Gasteiger partial charge on any atom is 0.408 e. The van der Waals surface area contributed by atoms with Gasteiger partial charge in [0.2, 0.25) is 23.6 Å². The Labute approximate surface area is 700 Å². The molecule has 0 bridgehead atoms. The van der Waals surface area contributed by atoms with Crippen LogP contribution in [0.5, 0.6) is 23.0 Å². The number of esters is 1. The molecular weight excluding hydrogens is 1610 g/mol. The van der Waals surface area contributed by atoms with Crippen molar-refractivity contribution < 1.29 is 85.2 Å². The minimum absolute atomic E-state index is 0.00570. The van der Waals surface area contributed by atoms with E-state index in [1.165, 1.54) is 86.0 Å². The average molecular weight is 1720 g/mol. The van der Waals surface area contributed by atoms with E-state index >= 15 is 0 Å². The number of methoxy groups -OCH3 is 3. The molecule has 33 heteroatoms. The molecule has 5 heterocycles. The first-order chi connectivity index (χ1) is 55.6. The number of rotatable bonds is 25. The highest BCUT2D eigenvalue weighted by molar-refractivity contribution is 9.06. The number of nitrogens with zero attached hydrogens (tertiary/aromatic N) is 5. The first-order valence-corrected chi connectivity index (χ1v) is 42.3. The number of thiocarbonyl (C=S) groups is 1. The van der Waals surface area contributed by atoms with Crippen molar-refractivity contribution in [2.75, 3.05) is 39.7 Å². The number of hydrogen-bond donors (Lipinski definition) is 8. The molecule has 2 aromatic carbocycles. The van der Waals surface area contributed by atoms with Gasteiger partial charge < -0.3 is 89.5 Å². The summed E-state index contributed by atoms with van der Waals surface area (Å²) in [5, 5.41) is 32.4. The summed E-state index contributed by atoms with van der Waals surface area (Å²) in [6, 6.07) is 7.17. The second kappa shape index (κ2) is 37.5. The number of nitrogens with one attached hydrogen (secondary N) is 6. The van der Waals surface area contributed by atoms with Gasteiger partial charge in [-0.3, -0.25) is 19.2 Å². The number of likely N-dealkylation sites (tertiary alicyclic amines) is 2. The number of carboxylic acids is 1. The van der Waals surface area contributed by atoms with Crippen LogP contribution in [0.25, 0.3) is 33.2 Å². The Morgan fingerprint density at radius 2 is 1.05 bits per heavy atom.